The highest BCUT2D eigenvalue weighted by atomic mass is 35.5. The van der Waals surface area contributed by atoms with Gasteiger partial charge in [0.05, 0.1) is 10.5 Å². The van der Waals surface area contributed by atoms with E-state index >= 15 is 0 Å². The largest absolute Gasteiger partial charge is 0.417 e. The summed E-state index contributed by atoms with van der Waals surface area (Å²) in [4.78, 5) is -0.783. The summed E-state index contributed by atoms with van der Waals surface area (Å²) in [6.07, 6.45) is -3.99. The summed E-state index contributed by atoms with van der Waals surface area (Å²) in [5, 5.41) is 0. The van der Waals surface area contributed by atoms with E-state index in [1.165, 1.54) is 6.07 Å². The van der Waals surface area contributed by atoms with Crippen LogP contribution >= 0.6 is 11.6 Å². The van der Waals surface area contributed by atoms with E-state index in [4.69, 9.17) is 11.6 Å². The average molecular weight is 344 g/mol. The predicted molar refractivity (Wildman–Crippen MR) is 75.8 cm³/mol. The number of hydrogen-bond acceptors (Lipinski definition) is 2. The molecule has 1 aromatic rings. The van der Waals surface area contributed by atoms with Crippen LogP contribution in [-0.4, -0.2) is 19.8 Å². The van der Waals surface area contributed by atoms with Crippen LogP contribution in [0.5, 0.6) is 0 Å². The Morgan fingerprint density at radius 2 is 1.67 bits per heavy atom. The van der Waals surface area contributed by atoms with Crippen molar-refractivity contribution < 1.29 is 21.6 Å². The van der Waals surface area contributed by atoms with E-state index in [0.717, 1.165) is 18.2 Å². The molecule has 0 saturated heterocycles. The molecule has 0 aliphatic rings. The molecule has 1 aromatic carbocycles. The second kappa shape index (κ2) is 6.54. The van der Waals surface area contributed by atoms with Crippen LogP contribution in [0.25, 0.3) is 0 Å². The van der Waals surface area contributed by atoms with Crippen molar-refractivity contribution in [3.63, 3.8) is 0 Å². The lowest BCUT2D eigenvalue weighted by molar-refractivity contribution is -0.139. The first kappa shape index (κ1) is 18.3. The maximum atomic E-state index is 12.9. The van der Waals surface area contributed by atoms with Crippen molar-refractivity contribution in [2.75, 3.05) is 5.88 Å². The molecule has 0 radical (unpaired) electrons. The first-order valence-corrected chi connectivity index (χ1v) is 8.40. The highest BCUT2D eigenvalue weighted by Gasteiger charge is 2.39. The van der Waals surface area contributed by atoms with Gasteiger partial charge in [-0.2, -0.15) is 13.2 Å². The fourth-order valence-electron chi connectivity index (χ4n) is 1.89. The van der Waals surface area contributed by atoms with Crippen molar-refractivity contribution in [2.24, 2.45) is 0 Å². The number of hydrogen-bond donors (Lipinski definition) is 1. The fraction of sp³-hybridized carbons (Fsp3) is 0.538. The van der Waals surface area contributed by atoms with Crippen LogP contribution in [0.15, 0.2) is 29.2 Å². The van der Waals surface area contributed by atoms with E-state index in [9.17, 15) is 21.6 Å². The average Bonchev–Trinajstić information content (AvgIpc) is 2.44. The Bertz CT molecular complexity index is 575. The minimum absolute atomic E-state index is 0.0204. The molecule has 0 bridgehead atoms. The second-order valence-corrected chi connectivity index (χ2v) is 6.64. The summed E-state index contributed by atoms with van der Waals surface area (Å²) in [7, 11) is -4.32. The lowest BCUT2D eigenvalue weighted by Crippen LogP contribution is -2.49. The van der Waals surface area contributed by atoms with Crippen LogP contribution in [0.4, 0.5) is 13.2 Å². The van der Waals surface area contributed by atoms with Gasteiger partial charge in [0.25, 0.3) is 0 Å². The molecule has 1 rings (SSSR count). The molecule has 0 saturated carbocycles. The molecule has 0 atom stereocenters. The van der Waals surface area contributed by atoms with Crippen molar-refractivity contribution in [1.29, 1.82) is 0 Å². The summed E-state index contributed by atoms with van der Waals surface area (Å²) in [6.45, 7) is 3.45. The minimum atomic E-state index is -4.74. The van der Waals surface area contributed by atoms with Gasteiger partial charge in [-0.1, -0.05) is 26.0 Å². The Balaban J connectivity index is 3.33. The van der Waals surface area contributed by atoms with Gasteiger partial charge in [0.1, 0.15) is 0 Å². The molecule has 0 fully saturated rings. The zero-order chi connectivity index (χ0) is 16.3. The molecule has 0 spiro atoms. The first-order chi connectivity index (χ1) is 9.62. The third-order valence-electron chi connectivity index (χ3n) is 3.44. The summed E-state index contributed by atoms with van der Waals surface area (Å²) < 4.78 is 65.8. The normalized spacial score (nSPS) is 13.4. The van der Waals surface area contributed by atoms with Gasteiger partial charge in [-0.25, -0.2) is 13.1 Å². The van der Waals surface area contributed by atoms with Crippen LogP contribution in [0.3, 0.4) is 0 Å². The Labute approximate surface area is 127 Å². The molecular formula is C13H17ClF3NO2S. The Morgan fingerprint density at radius 1 is 1.14 bits per heavy atom. The maximum Gasteiger partial charge on any atom is 0.417 e. The minimum Gasteiger partial charge on any atom is -0.207 e. The first-order valence-electron chi connectivity index (χ1n) is 6.38. The highest BCUT2D eigenvalue weighted by molar-refractivity contribution is 7.89. The summed E-state index contributed by atoms with van der Waals surface area (Å²) >= 11 is 5.80. The van der Waals surface area contributed by atoms with Crippen molar-refractivity contribution in [2.45, 2.75) is 43.3 Å². The Morgan fingerprint density at radius 3 is 2.10 bits per heavy atom. The standard InChI is InChI=1S/C13H17ClF3NO2S/c1-3-12(4-2,9-14)18-21(19,20)11-8-6-5-7-10(11)13(15,16)17/h5-8,18H,3-4,9H2,1-2H3. The Hall–Kier alpha value is -0.790. The van der Waals surface area contributed by atoms with Crippen LogP contribution in [0.1, 0.15) is 32.3 Å². The number of alkyl halides is 4. The summed E-state index contributed by atoms with van der Waals surface area (Å²) in [5.74, 6) is -0.0204. The fourth-order valence-corrected chi connectivity index (χ4v) is 4.18. The zero-order valence-corrected chi connectivity index (χ0v) is 13.2. The molecule has 120 valence electrons. The monoisotopic (exact) mass is 343 g/mol. The van der Waals surface area contributed by atoms with E-state index in [0.29, 0.717) is 12.8 Å². The van der Waals surface area contributed by atoms with Crippen LogP contribution in [-0.2, 0) is 16.2 Å². The quantitative estimate of drug-likeness (QED) is 0.799. The molecule has 1 N–H and O–H groups in total. The number of halogens is 4. The van der Waals surface area contributed by atoms with Crippen molar-refractivity contribution >= 4 is 21.6 Å². The lowest BCUT2D eigenvalue weighted by Gasteiger charge is -2.30. The van der Waals surface area contributed by atoms with Gasteiger partial charge in [-0.3, -0.25) is 0 Å². The van der Waals surface area contributed by atoms with E-state index in [1.807, 2.05) is 0 Å². The Kier molecular flexibility index (Phi) is 5.69. The lowest BCUT2D eigenvalue weighted by atomic mass is 9.97. The topological polar surface area (TPSA) is 46.2 Å². The van der Waals surface area contributed by atoms with E-state index in [-0.39, 0.29) is 5.88 Å². The predicted octanol–water partition coefficient (Wildman–Crippen LogP) is 3.78. The molecule has 0 unspecified atom stereocenters. The molecule has 21 heavy (non-hydrogen) atoms. The van der Waals surface area contributed by atoms with E-state index in [2.05, 4.69) is 4.72 Å². The van der Waals surface area contributed by atoms with Crippen molar-refractivity contribution in [3.05, 3.63) is 29.8 Å². The molecular weight excluding hydrogens is 327 g/mol. The third-order valence-corrected chi connectivity index (χ3v) is 5.59. The molecule has 0 aliphatic carbocycles. The SMILES string of the molecule is CCC(CC)(CCl)NS(=O)(=O)c1ccccc1C(F)(F)F. The maximum absolute atomic E-state index is 12.9. The smallest absolute Gasteiger partial charge is 0.207 e. The van der Waals surface area contributed by atoms with Crippen LogP contribution in [0.2, 0.25) is 0 Å². The van der Waals surface area contributed by atoms with Crippen LogP contribution < -0.4 is 4.72 Å². The van der Waals surface area contributed by atoms with Gasteiger partial charge in [-0.05, 0) is 25.0 Å². The van der Waals surface area contributed by atoms with Gasteiger partial charge in [0.15, 0.2) is 0 Å². The third kappa shape index (κ3) is 4.11. The van der Waals surface area contributed by atoms with Crippen LogP contribution in [0, 0.1) is 0 Å². The van der Waals surface area contributed by atoms with Crippen molar-refractivity contribution in [3.8, 4) is 0 Å². The molecule has 8 heteroatoms. The van der Waals surface area contributed by atoms with Gasteiger partial charge in [0, 0.05) is 11.4 Å². The van der Waals surface area contributed by atoms with E-state index in [1.54, 1.807) is 13.8 Å². The van der Waals surface area contributed by atoms with Gasteiger partial charge in [-0.15, -0.1) is 11.6 Å². The second-order valence-electron chi connectivity index (χ2n) is 4.72. The number of nitrogens with one attached hydrogen (secondary N) is 1. The molecule has 0 amide bonds. The molecule has 0 aliphatic heterocycles. The number of rotatable bonds is 6. The molecule has 3 nitrogen and oxygen atoms in total. The van der Waals surface area contributed by atoms with E-state index < -0.39 is 32.2 Å². The molecule has 0 aromatic heterocycles. The summed E-state index contributed by atoms with van der Waals surface area (Å²) in [6, 6.07) is 4.09. The highest BCUT2D eigenvalue weighted by Crippen LogP contribution is 2.34. The number of sulfonamides is 1. The summed E-state index contributed by atoms with van der Waals surface area (Å²) in [5.41, 5.74) is -2.15. The van der Waals surface area contributed by atoms with Crippen molar-refractivity contribution in [1.82, 2.24) is 4.72 Å². The molecule has 0 heterocycles. The van der Waals surface area contributed by atoms with Gasteiger partial charge in [0.2, 0.25) is 10.0 Å². The van der Waals surface area contributed by atoms with Gasteiger partial charge < -0.3 is 0 Å². The van der Waals surface area contributed by atoms with Gasteiger partial charge >= 0.3 is 6.18 Å². The number of benzene rings is 1. The zero-order valence-electron chi connectivity index (χ0n) is 11.7.